The zero-order chi connectivity index (χ0) is 13.7. The average Bonchev–Trinajstić information content (AvgIpc) is 2.99. The number of rotatable bonds is 5. The molecular formula is C13H25IN4O2. The third-order valence-electron chi connectivity index (χ3n) is 3.53. The minimum Gasteiger partial charge on any atom is -0.373 e. The fourth-order valence-corrected chi connectivity index (χ4v) is 2.69. The highest BCUT2D eigenvalue weighted by atomic mass is 127. The molecule has 20 heavy (non-hydrogen) atoms. The predicted molar refractivity (Wildman–Crippen MR) is 89.5 cm³/mol. The number of halogens is 1. The van der Waals surface area contributed by atoms with E-state index in [9.17, 15) is 4.79 Å². The van der Waals surface area contributed by atoms with Gasteiger partial charge in [0.25, 0.3) is 0 Å². The molecule has 0 saturated carbocycles. The molecular weight excluding hydrogens is 371 g/mol. The molecule has 3 atom stereocenters. The van der Waals surface area contributed by atoms with Gasteiger partial charge in [0.1, 0.15) is 6.54 Å². The van der Waals surface area contributed by atoms with Crippen molar-refractivity contribution in [2.75, 3.05) is 19.6 Å². The van der Waals surface area contributed by atoms with Crippen LogP contribution in [0.5, 0.6) is 0 Å². The fraction of sp³-hybridized carbons (Fsp3) is 0.846. The maximum atomic E-state index is 11.4. The Kier molecular flexibility index (Phi) is 7.57. The van der Waals surface area contributed by atoms with Crippen LogP contribution in [0.1, 0.15) is 33.1 Å². The first-order valence-electron chi connectivity index (χ1n) is 7.20. The lowest BCUT2D eigenvalue weighted by Crippen LogP contribution is -2.47. The molecule has 1 amide bonds. The highest BCUT2D eigenvalue weighted by molar-refractivity contribution is 14.0. The van der Waals surface area contributed by atoms with Crippen LogP contribution < -0.4 is 16.0 Å². The monoisotopic (exact) mass is 396 g/mol. The number of carbonyl (C=O) groups is 1. The van der Waals surface area contributed by atoms with E-state index in [2.05, 4.69) is 20.9 Å². The first-order chi connectivity index (χ1) is 9.22. The Balaban J connectivity index is 0.00000200. The van der Waals surface area contributed by atoms with Crippen molar-refractivity contribution < 1.29 is 9.53 Å². The van der Waals surface area contributed by atoms with Crippen molar-refractivity contribution >= 4 is 35.8 Å². The lowest BCUT2D eigenvalue weighted by atomic mass is 9.96. The van der Waals surface area contributed by atoms with Crippen molar-refractivity contribution in [2.45, 2.75) is 51.4 Å². The first-order valence-corrected chi connectivity index (χ1v) is 7.20. The quantitative estimate of drug-likeness (QED) is 0.362. The third-order valence-corrected chi connectivity index (χ3v) is 3.53. The van der Waals surface area contributed by atoms with Gasteiger partial charge in [-0.25, -0.2) is 4.99 Å². The van der Waals surface area contributed by atoms with Crippen LogP contribution in [0.2, 0.25) is 0 Å². The van der Waals surface area contributed by atoms with E-state index in [-0.39, 0.29) is 36.4 Å². The summed E-state index contributed by atoms with van der Waals surface area (Å²) in [5.74, 6) is 0.652. The number of amides is 1. The molecule has 2 fully saturated rings. The van der Waals surface area contributed by atoms with Gasteiger partial charge in [0, 0.05) is 13.1 Å². The van der Waals surface area contributed by atoms with Crippen molar-refractivity contribution in [2.24, 2.45) is 4.99 Å². The van der Waals surface area contributed by atoms with E-state index in [1.807, 2.05) is 13.8 Å². The Morgan fingerprint density at radius 2 is 2.00 bits per heavy atom. The van der Waals surface area contributed by atoms with Gasteiger partial charge >= 0.3 is 0 Å². The van der Waals surface area contributed by atoms with E-state index in [0.717, 1.165) is 19.4 Å². The summed E-state index contributed by atoms with van der Waals surface area (Å²) in [6, 6.07) is 0.325. The molecule has 3 unspecified atom stereocenters. The van der Waals surface area contributed by atoms with E-state index >= 15 is 0 Å². The summed E-state index contributed by atoms with van der Waals surface area (Å²) < 4.78 is 5.80. The van der Waals surface area contributed by atoms with Gasteiger partial charge in [0.15, 0.2) is 5.96 Å². The summed E-state index contributed by atoms with van der Waals surface area (Å²) >= 11 is 0. The average molecular weight is 396 g/mol. The molecule has 2 aliphatic rings. The fourth-order valence-electron chi connectivity index (χ4n) is 2.69. The molecule has 2 saturated heterocycles. The number of carbonyl (C=O) groups excluding carboxylic acids is 1. The maximum Gasteiger partial charge on any atom is 0.241 e. The second kappa shape index (κ2) is 8.66. The highest BCUT2D eigenvalue weighted by Gasteiger charge is 2.41. The normalized spacial score (nSPS) is 27.9. The molecule has 0 radical (unpaired) electrons. The van der Waals surface area contributed by atoms with Crippen molar-refractivity contribution in [3.63, 3.8) is 0 Å². The minimum absolute atomic E-state index is 0. The molecule has 2 aliphatic heterocycles. The molecule has 0 aromatic rings. The van der Waals surface area contributed by atoms with E-state index in [4.69, 9.17) is 4.74 Å². The van der Waals surface area contributed by atoms with Crippen LogP contribution in [-0.4, -0.2) is 49.8 Å². The molecule has 7 heteroatoms. The van der Waals surface area contributed by atoms with Crippen molar-refractivity contribution in [1.29, 1.82) is 0 Å². The molecule has 0 aromatic carbocycles. The van der Waals surface area contributed by atoms with Crippen LogP contribution in [0.3, 0.4) is 0 Å². The summed E-state index contributed by atoms with van der Waals surface area (Å²) in [5, 5.41) is 9.29. The molecule has 2 heterocycles. The second-order valence-electron chi connectivity index (χ2n) is 5.01. The Bertz CT molecular complexity index is 351. The highest BCUT2D eigenvalue weighted by Crippen LogP contribution is 2.34. The number of likely N-dealkylation sites (N-methyl/N-ethyl adjacent to an activating group) is 1. The number of hydrogen-bond acceptors (Lipinski definition) is 3. The van der Waals surface area contributed by atoms with Crippen LogP contribution in [-0.2, 0) is 9.53 Å². The minimum atomic E-state index is -0.0519. The van der Waals surface area contributed by atoms with Gasteiger partial charge in [0.05, 0.1) is 18.2 Å². The number of fused-ring (bicyclic) bond motifs is 2. The predicted octanol–water partition coefficient (Wildman–Crippen LogP) is 0.615. The molecule has 0 aromatic heterocycles. The summed E-state index contributed by atoms with van der Waals surface area (Å²) in [7, 11) is 0. The number of nitrogens with zero attached hydrogens (tertiary/aromatic N) is 1. The Labute approximate surface area is 137 Å². The van der Waals surface area contributed by atoms with E-state index in [0.29, 0.717) is 30.8 Å². The van der Waals surface area contributed by atoms with Crippen LogP contribution in [0.4, 0.5) is 0 Å². The van der Waals surface area contributed by atoms with Crippen LogP contribution in [0.15, 0.2) is 4.99 Å². The molecule has 2 bridgehead atoms. The number of guanidine groups is 1. The summed E-state index contributed by atoms with van der Waals surface area (Å²) in [6.45, 7) is 5.49. The number of aliphatic imine (C=N–C) groups is 1. The molecule has 3 N–H and O–H groups in total. The molecule has 2 rings (SSSR count). The van der Waals surface area contributed by atoms with Crippen molar-refractivity contribution in [3.05, 3.63) is 0 Å². The first kappa shape index (κ1) is 17.5. The largest absolute Gasteiger partial charge is 0.373 e. The van der Waals surface area contributed by atoms with Crippen molar-refractivity contribution in [1.82, 2.24) is 16.0 Å². The Morgan fingerprint density at radius 3 is 2.55 bits per heavy atom. The second-order valence-corrected chi connectivity index (χ2v) is 5.01. The van der Waals surface area contributed by atoms with Gasteiger partial charge < -0.3 is 20.7 Å². The zero-order valence-electron chi connectivity index (χ0n) is 12.1. The van der Waals surface area contributed by atoms with Gasteiger partial charge in [-0.1, -0.05) is 0 Å². The molecule has 6 nitrogen and oxygen atoms in total. The Hall–Kier alpha value is -0.570. The number of hydrogen-bond donors (Lipinski definition) is 3. The standard InChI is InChI=1S/C13H24N4O2.HI/c1-3-14-12(18)8-16-13(15-4-2)17-10-7-9-5-6-11(10)19-9;/h9-11H,3-8H2,1-2H3,(H,14,18)(H2,15,16,17);1H. The lowest BCUT2D eigenvalue weighted by molar-refractivity contribution is -0.119. The lowest BCUT2D eigenvalue weighted by Gasteiger charge is -2.22. The van der Waals surface area contributed by atoms with Gasteiger partial charge in [-0.3, -0.25) is 4.79 Å². The maximum absolute atomic E-state index is 11.4. The van der Waals surface area contributed by atoms with Crippen molar-refractivity contribution in [3.8, 4) is 0 Å². The summed E-state index contributed by atoms with van der Waals surface area (Å²) in [5.41, 5.74) is 0. The number of nitrogens with one attached hydrogen (secondary N) is 3. The summed E-state index contributed by atoms with van der Waals surface area (Å²) in [6.07, 6.45) is 4.05. The van der Waals surface area contributed by atoms with Gasteiger partial charge in [-0.15, -0.1) is 24.0 Å². The Morgan fingerprint density at radius 1 is 1.25 bits per heavy atom. The molecule has 0 spiro atoms. The van der Waals surface area contributed by atoms with Gasteiger partial charge in [0.2, 0.25) is 5.91 Å². The van der Waals surface area contributed by atoms with Crippen LogP contribution in [0, 0.1) is 0 Å². The van der Waals surface area contributed by atoms with Crippen LogP contribution >= 0.6 is 24.0 Å². The molecule has 116 valence electrons. The third kappa shape index (κ3) is 4.76. The van der Waals surface area contributed by atoms with Gasteiger partial charge in [-0.2, -0.15) is 0 Å². The van der Waals surface area contributed by atoms with E-state index < -0.39 is 0 Å². The SMILES string of the molecule is CCNC(=O)CN=C(NCC)NC1CC2CCC1O2.I. The van der Waals surface area contributed by atoms with E-state index in [1.54, 1.807) is 0 Å². The smallest absolute Gasteiger partial charge is 0.241 e. The number of ether oxygens (including phenoxy) is 1. The van der Waals surface area contributed by atoms with E-state index in [1.165, 1.54) is 6.42 Å². The summed E-state index contributed by atoms with van der Waals surface area (Å²) in [4.78, 5) is 15.7. The van der Waals surface area contributed by atoms with Gasteiger partial charge in [-0.05, 0) is 33.1 Å². The topological polar surface area (TPSA) is 74.8 Å². The molecule has 0 aliphatic carbocycles. The zero-order valence-corrected chi connectivity index (χ0v) is 14.5. The van der Waals surface area contributed by atoms with Crippen LogP contribution in [0.25, 0.3) is 0 Å².